The van der Waals surface area contributed by atoms with Crippen molar-refractivity contribution in [3.8, 4) is 17.3 Å². The minimum Gasteiger partial charge on any atom is -0.487 e. The zero-order valence-corrected chi connectivity index (χ0v) is 14.8. The fourth-order valence-electron chi connectivity index (χ4n) is 2.90. The fraction of sp³-hybridized carbons (Fsp3) is 0.278. The molecule has 1 saturated heterocycles. The molecule has 0 N–H and O–H groups in total. The number of likely N-dealkylation sites (tertiary alicyclic amines) is 1. The maximum atomic E-state index is 12.5. The third kappa shape index (κ3) is 4.18. The van der Waals surface area contributed by atoms with Crippen molar-refractivity contribution < 1.29 is 27.2 Å². The molecule has 1 aliphatic heterocycles. The van der Waals surface area contributed by atoms with E-state index in [-0.39, 0.29) is 23.5 Å². The van der Waals surface area contributed by atoms with Crippen LogP contribution < -0.4 is 4.74 Å². The molecular formula is C18H14F3N5O3. The number of pyridine rings is 2. The number of rotatable bonds is 4. The van der Waals surface area contributed by atoms with E-state index >= 15 is 0 Å². The summed E-state index contributed by atoms with van der Waals surface area (Å²) in [5.41, 5.74) is 0.683. The van der Waals surface area contributed by atoms with Gasteiger partial charge in [-0.05, 0) is 24.3 Å². The smallest absolute Gasteiger partial charge is 0.471 e. The second-order valence-corrected chi connectivity index (χ2v) is 6.32. The Morgan fingerprint density at radius 3 is 2.66 bits per heavy atom. The van der Waals surface area contributed by atoms with Crippen molar-refractivity contribution in [3.05, 3.63) is 54.3 Å². The van der Waals surface area contributed by atoms with Crippen molar-refractivity contribution in [1.29, 1.82) is 0 Å². The highest BCUT2D eigenvalue weighted by molar-refractivity contribution is 5.94. The number of aromatic nitrogens is 4. The van der Waals surface area contributed by atoms with Crippen molar-refractivity contribution >= 4 is 5.91 Å². The molecule has 1 amide bonds. The first-order chi connectivity index (χ1) is 13.9. The van der Waals surface area contributed by atoms with Crippen molar-refractivity contribution in [2.45, 2.75) is 18.7 Å². The average molecular weight is 405 g/mol. The van der Waals surface area contributed by atoms with E-state index in [1.165, 1.54) is 12.3 Å². The average Bonchev–Trinajstić information content (AvgIpc) is 3.38. The fourth-order valence-corrected chi connectivity index (χ4v) is 2.90. The van der Waals surface area contributed by atoms with Crippen LogP contribution in [0.25, 0.3) is 11.5 Å². The molecule has 29 heavy (non-hydrogen) atoms. The van der Waals surface area contributed by atoms with Gasteiger partial charge < -0.3 is 14.2 Å². The number of hydrogen-bond acceptors (Lipinski definition) is 7. The molecule has 11 heteroatoms. The minimum atomic E-state index is -4.71. The maximum absolute atomic E-state index is 12.5. The molecule has 150 valence electrons. The maximum Gasteiger partial charge on any atom is 0.471 e. The summed E-state index contributed by atoms with van der Waals surface area (Å²) in [6.07, 6.45) is 0.217. The van der Waals surface area contributed by atoms with E-state index in [9.17, 15) is 18.0 Å². The molecule has 1 atom stereocenters. The summed E-state index contributed by atoms with van der Waals surface area (Å²) >= 11 is 0. The van der Waals surface area contributed by atoms with Gasteiger partial charge in [0.2, 0.25) is 5.82 Å². The predicted molar refractivity (Wildman–Crippen MR) is 91.7 cm³/mol. The van der Waals surface area contributed by atoms with Crippen LogP contribution in [0.3, 0.4) is 0 Å². The lowest BCUT2D eigenvalue weighted by molar-refractivity contribution is -0.159. The lowest BCUT2D eigenvalue weighted by Gasteiger charge is -2.17. The topological polar surface area (TPSA) is 94.2 Å². The summed E-state index contributed by atoms with van der Waals surface area (Å²) in [4.78, 5) is 25.3. The van der Waals surface area contributed by atoms with E-state index in [4.69, 9.17) is 4.74 Å². The predicted octanol–water partition coefficient (Wildman–Crippen LogP) is 2.84. The zero-order valence-electron chi connectivity index (χ0n) is 14.8. The second kappa shape index (κ2) is 7.49. The monoisotopic (exact) mass is 405 g/mol. The van der Waals surface area contributed by atoms with Gasteiger partial charge in [0, 0.05) is 30.9 Å². The Balaban J connectivity index is 1.37. The standard InChI is InChI=1S/C18H14F3N5O3/c19-18(20,21)17-24-15(25-29-17)14-2-1-12(9-23-14)28-13-5-8-26(10-13)16(27)11-3-6-22-7-4-11/h1-4,6-7,9,13H,5,8,10H2/t13-/m1/s1. The van der Waals surface area contributed by atoms with Gasteiger partial charge >= 0.3 is 12.1 Å². The summed E-state index contributed by atoms with van der Waals surface area (Å²) in [6.45, 7) is 0.975. The van der Waals surface area contributed by atoms with Crippen LogP contribution in [-0.4, -0.2) is 50.1 Å². The van der Waals surface area contributed by atoms with Crippen LogP contribution in [0.5, 0.6) is 5.75 Å². The Morgan fingerprint density at radius 2 is 2.00 bits per heavy atom. The first kappa shape index (κ1) is 18.8. The Hall–Kier alpha value is -3.50. The minimum absolute atomic E-state index is 0.0930. The molecule has 0 aromatic carbocycles. The lowest BCUT2D eigenvalue weighted by atomic mass is 10.2. The Labute approximate surface area is 162 Å². The highest BCUT2D eigenvalue weighted by Gasteiger charge is 2.38. The molecule has 0 aliphatic carbocycles. The summed E-state index contributed by atoms with van der Waals surface area (Å²) in [5.74, 6) is -1.36. The van der Waals surface area contributed by atoms with Gasteiger partial charge in [0.25, 0.3) is 5.91 Å². The highest BCUT2D eigenvalue weighted by Crippen LogP contribution is 2.29. The van der Waals surface area contributed by atoms with E-state index in [1.807, 2.05) is 0 Å². The molecule has 8 nitrogen and oxygen atoms in total. The number of nitrogens with zero attached hydrogens (tertiary/aromatic N) is 5. The third-order valence-corrected chi connectivity index (χ3v) is 4.30. The molecule has 4 rings (SSSR count). The van der Waals surface area contributed by atoms with Gasteiger partial charge in [-0.3, -0.25) is 9.78 Å². The van der Waals surface area contributed by atoms with Crippen molar-refractivity contribution in [2.24, 2.45) is 0 Å². The van der Waals surface area contributed by atoms with Gasteiger partial charge in [-0.25, -0.2) is 4.98 Å². The molecule has 1 fully saturated rings. The highest BCUT2D eigenvalue weighted by atomic mass is 19.4. The van der Waals surface area contributed by atoms with E-state index in [0.717, 1.165) is 0 Å². The van der Waals surface area contributed by atoms with E-state index in [1.54, 1.807) is 35.5 Å². The van der Waals surface area contributed by atoms with E-state index in [2.05, 4.69) is 24.6 Å². The van der Waals surface area contributed by atoms with Crippen LogP contribution in [0.15, 0.2) is 47.4 Å². The van der Waals surface area contributed by atoms with Crippen LogP contribution >= 0.6 is 0 Å². The number of amides is 1. The first-order valence-electron chi connectivity index (χ1n) is 8.63. The summed E-state index contributed by atoms with van der Waals surface area (Å²) in [7, 11) is 0. The van der Waals surface area contributed by atoms with Gasteiger partial charge in [0.05, 0.1) is 12.7 Å². The molecule has 3 aromatic heterocycles. The Morgan fingerprint density at radius 1 is 1.21 bits per heavy atom. The number of carbonyl (C=O) groups excluding carboxylic acids is 1. The van der Waals surface area contributed by atoms with Crippen molar-refractivity contribution in [1.82, 2.24) is 25.0 Å². The molecule has 4 heterocycles. The Kier molecular flexibility index (Phi) is 4.87. The van der Waals surface area contributed by atoms with Gasteiger partial charge in [0.15, 0.2) is 0 Å². The van der Waals surface area contributed by atoms with Gasteiger partial charge in [-0.15, -0.1) is 0 Å². The molecule has 1 aliphatic rings. The van der Waals surface area contributed by atoms with Crippen LogP contribution in [0, 0.1) is 0 Å². The van der Waals surface area contributed by atoms with Crippen molar-refractivity contribution in [2.75, 3.05) is 13.1 Å². The number of alkyl halides is 3. The molecular weight excluding hydrogens is 391 g/mol. The quantitative estimate of drug-likeness (QED) is 0.659. The molecule has 0 bridgehead atoms. The number of hydrogen-bond donors (Lipinski definition) is 0. The van der Waals surface area contributed by atoms with Gasteiger partial charge in [-0.2, -0.15) is 18.2 Å². The largest absolute Gasteiger partial charge is 0.487 e. The number of carbonyl (C=O) groups is 1. The van der Waals surface area contributed by atoms with E-state index < -0.39 is 12.1 Å². The molecule has 3 aromatic rings. The summed E-state index contributed by atoms with van der Waals surface area (Å²) in [5, 5.41) is 3.29. The second-order valence-electron chi connectivity index (χ2n) is 6.32. The number of halogens is 3. The first-order valence-corrected chi connectivity index (χ1v) is 8.63. The molecule has 0 radical (unpaired) electrons. The third-order valence-electron chi connectivity index (χ3n) is 4.30. The molecule has 0 spiro atoms. The zero-order chi connectivity index (χ0) is 20.4. The lowest BCUT2D eigenvalue weighted by Crippen LogP contribution is -2.30. The van der Waals surface area contributed by atoms with Crippen LogP contribution in [0.1, 0.15) is 22.7 Å². The van der Waals surface area contributed by atoms with Crippen molar-refractivity contribution in [3.63, 3.8) is 0 Å². The van der Waals surface area contributed by atoms with Crippen LogP contribution in [0.2, 0.25) is 0 Å². The Bertz CT molecular complexity index is 992. The molecule has 0 unspecified atom stereocenters. The summed E-state index contributed by atoms with van der Waals surface area (Å²) < 4.78 is 47.6. The SMILES string of the molecule is O=C(c1ccncc1)N1CC[C@@H](Oc2ccc(-c3noc(C(F)(F)F)n3)nc2)C1. The summed E-state index contributed by atoms with van der Waals surface area (Å²) in [6, 6.07) is 6.30. The van der Waals surface area contributed by atoms with Crippen LogP contribution in [0.4, 0.5) is 13.2 Å². The normalized spacial score (nSPS) is 16.8. The van der Waals surface area contributed by atoms with Gasteiger partial charge in [0.1, 0.15) is 17.5 Å². The molecule has 0 saturated carbocycles. The number of ether oxygens (including phenoxy) is 1. The van der Waals surface area contributed by atoms with Gasteiger partial charge in [-0.1, -0.05) is 5.16 Å². The van der Waals surface area contributed by atoms with Crippen LogP contribution in [-0.2, 0) is 6.18 Å². The van der Waals surface area contributed by atoms with E-state index in [0.29, 0.717) is 30.8 Å².